The third-order valence-electron chi connectivity index (χ3n) is 6.32. The number of esters is 1. The Kier molecular flexibility index (Phi) is 6.58. The number of amides is 1. The molecule has 3 aromatic rings. The first kappa shape index (κ1) is 25.3. The van der Waals surface area contributed by atoms with Crippen molar-refractivity contribution in [2.24, 2.45) is 0 Å². The summed E-state index contributed by atoms with van der Waals surface area (Å²) in [5.74, 6) is -3.11. The molecular formula is C28H23FN2O6S. The summed E-state index contributed by atoms with van der Waals surface area (Å²) < 4.78 is 25.9. The highest BCUT2D eigenvalue weighted by Crippen LogP contribution is 2.45. The van der Waals surface area contributed by atoms with Crippen molar-refractivity contribution in [1.82, 2.24) is 4.98 Å². The highest BCUT2D eigenvalue weighted by molar-refractivity contribution is 7.17. The number of aromatic nitrogens is 1. The number of ether oxygens (including phenoxy) is 2. The number of benzene rings is 2. The highest BCUT2D eigenvalue weighted by atomic mass is 32.1. The minimum atomic E-state index is -1.32. The van der Waals surface area contributed by atoms with Gasteiger partial charge in [-0.25, -0.2) is 14.2 Å². The Morgan fingerprint density at radius 3 is 2.82 bits per heavy atom. The first-order chi connectivity index (χ1) is 18.2. The van der Waals surface area contributed by atoms with Crippen molar-refractivity contribution in [3.63, 3.8) is 0 Å². The lowest BCUT2D eigenvalue weighted by atomic mass is 9.94. The Hall–Kier alpha value is -4.31. The van der Waals surface area contributed by atoms with Crippen molar-refractivity contribution in [2.45, 2.75) is 32.4 Å². The second kappa shape index (κ2) is 9.86. The van der Waals surface area contributed by atoms with Crippen LogP contribution in [0.4, 0.5) is 9.52 Å². The molecule has 0 aliphatic carbocycles. The van der Waals surface area contributed by atoms with Crippen molar-refractivity contribution < 1.29 is 33.4 Å². The molecule has 2 aromatic carbocycles. The molecule has 1 N–H and O–H groups in total. The van der Waals surface area contributed by atoms with Gasteiger partial charge in [0.1, 0.15) is 41.0 Å². The van der Waals surface area contributed by atoms with Crippen LogP contribution in [-0.4, -0.2) is 40.5 Å². The zero-order chi connectivity index (χ0) is 27.1. The normalized spacial score (nSPS) is 19.8. The molecule has 1 fully saturated rings. The third-order valence-corrected chi connectivity index (χ3v) is 7.46. The Morgan fingerprint density at radius 2 is 2.08 bits per heavy atom. The summed E-state index contributed by atoms with van der Waals surface area (Å²) in [6.07, 6.45) is 1.99. The number of halogens is 1. The largest absolute Gasteiger partial charge is 0.507 e. The number of carbonyl (C=O) groups is 3. The molecule has 38 heavy (non-hydrogen) atoms. The topological polar surface area (TPSA) is 106 Å². The Labute approximate surface area is 221 Å². The van der Waals surface area contributed by atoms with Gasteiger partial charge in [-0.3, -0.25) is 14.5 Å². The number of anilines is 1. The van der Waals surface area contributed by atoms with Gasteiger partial charge < -0.3 is 14.6 Å². The second-order valence-electron chi connectivity index (χ2n) is 8.94. The van der Waals surface area contributed by atoms with Gasteiger partial charge in [0, 0.05) is 17.5 Å². The number of fused-ring (bicyclic) bond motifs is 1. The van der Waals surface area contributed by atoms with Crippen molar-refractivity contribution in [1.29, 1.82) is 0 Å². The minimum absolute atomic E-state index is 0.00126. The monoisotopic (exact) mass is 534 g/mol. The van der Waals surface area contributed by atoms with Gasteiger partial charge in [0.15, 0.2) is 5.13 Å². The van der Waals surface area contributed by atoms with Gasteiger partial charge in [-0.15, -0.1) is 0 Å². The summed E-state index contributed by atoms with van der Waals surface area (Å²) >= 11 is 0.841. The Balaban J connectivity index is 1.66. The molecule has 1 saturated heterocycles. The minimum Gasteiger partial charge on any atom is -0.507 e. The maximum Gasteiger partial charge on any atom is 0.350 e. The van der Waals surface area contributed by atoms with Crippen LogP contribution in [0, 0.1) is 12.7 Å². The Bertz CT molecular complexity index is 1530. The molecule has 0 unspecified atom stereocenters. The van der Waals surface area contributed by atoms with Crippen LogP contribution in [0.1, 0.15) is 45.0 Å². The number of hydrogen-bond donors (Lipinski definition) is 1. The molecule has 3 heterocycles. The number of carbonyl (C=O) groups excluding carboxylic acids is 3. The molecule has 5 rings (SSSR count). The van der Waals surface area contributed by atoms with Crippen molar-refractivity contribution in [3.8, 4) is 5.75 Å². The van der Waals surface area contributed by atoms with Gasteiger partial charge in [0.2, 0.25) is 0 Å². The van der Waals surface area contributed by atoms with E-state index in [4.69, 9.17) is 9.47 Å². The summed E-state index contributed by atoms with van der Waals surface area (Å²) in [6, 6.07) is 9.33. The quantitative estimate of drug-likeness (QED) is 0.158. The standard InChI is InChI=1S/C28H23FN2O6S/c1-4-11-36-27(35)25-15(3)30-28(38-25)31-22(18-7-5-6-8-19(18)29)21(24(33)26(31)34)23(32)16-9-10-20-17(13-16)12-14(2)37-20/h4-10,13-14,22,32H,1,11-12H2,2-3H3/b23-21+/t14-,22-/m1/s1. The van der Waals surface area contributed by atoms with Crippen LogP contribution in [0.5, 0.6) is 5.75 Å². The summed E-state index contributed by atoms with van der Waals surface area (Å²) in [7, 11) is 0. The van der Waals surface area contributed by atoms with Crippen molar-refractivity contribution in [3.05, 3.63) is 93.8 Å². The van der Waals surface area contributed by atoms with E-state index in [1.54, 1.807) is 31.2 Å². The lowest BCUT2D eigenvalue weighted by Crippen LogP contribution is -2.29. The van der Waals surface area contributed by atoms with Crippen LogP contribution >= 0.6 is 11.3 Å². The molecule has 0 bridgehead atoms. The summed E-state index contributed by atoms with van der Waals surface area (Å²) in [4.78, 5) is 44.7. The van der Waals surface area contributed by atoms with Gasteiger partial charge >= 0.3 is 11.9 Å². The molecule has 0 radical (unpaired) electrons. The van der Waals surface area contributed by atoms with Crippen LogP contribution in [0.2, 0.25) is 0 Å². The van der Waals surface area contributed by atoms with Gasteiger partial charge in [0.05, 0.1) is 11.3 Å². The number of aliphatic hydroxyl groups is 1. The third kappa shape index (κ3) is 4.26. The number of thiazole rings is 1. The van der Waals surface area contributed by atoms with Gasteiger partial charge in [-0.05, 0) is 43.7 Å². The maximum absolute atomic E-state index is 15.1. The van der Waals surface area contributed by atoms with Crippen molar-refractivity contribution in [2.75, 3.05) is 11.5 Å². The molecule has 2 aliphatic rings. The van der Waals surface area contributed by atoms with E-state index in [-0.39, 0.29) is 39.6 Å². The molecule has 194 valence electrons. The predicted octanol–water partition coefficient (Wildman–Crippen LogP) is 4.88. The van der Waals surface area contributed by atoms with Crippen LogP contribution in [0.3, 0.4) is 0 Å². The highest BCUT2D eigenvalue weighted by Gasteiger charge is 2.49. The summed E-state index contributed by atoms with van der Waals surface area (Å²) in [5, 5.41) is 11.4. The van der Waals surface area contributed by atoms with E-state index in [0.29, 0.717) is 17.7 Å². The molecule has 8 nitrogen and oxygen atoms in total. The van der Waals surface area contributed by atoms with Crippen molar-refractivity contribution >= 4 is 39.9 Å². The molecule has 1 amide bonds. The molecular weight excluding hydrogens is 511 g/mol. The van der Waals surface area contributed by atoms with Crippen LogP contribution in [0.15, 0.2) is 60.7 Å². The number of Topliss-reactive ketones (excluding diaryl/α,β-unsaturated/α-hetero) is 1. The molecule has 0 spiro atoms. The summed E-state index contributed by atoms with van der Waals surface area (Å²) in [6.45, 7) is 6.97. The lowest BCUT2D eigenvalue weighted by Gasteiger charge is -2.23. The summed E-state index contributed by atoms with van der Waals surface area (Å²) in [5.41, 5.74) is 1.13. The average molecular weight is 535 g/mol. The zero-order valence-electron chi connectivity index (χ0n) is 20.6. The van der Waals surface area contributed by atoms with E-state index in [0.717, 1.165) is 21.8 Å². The molecule has 2 atom stereocenters. The lowest BCUT2D eigenvalue weighted by molar-refractivity contribution is -0.132. The maximum atomic E-state index is 15.1. The smallest absolute Gasteiger partial charge is 0.350 e. The number of rotatable bonds is 6. The van der Waals surface area contributed by atoms with Gasteiger partial charge in [0.25, 0.3) is 5.78 Å². The number of ketones is 1. The zero-order valence-corrected chi connectivity index (χ0v) is 21.4. The number of nitrogens with zero attached hydrogens (tertiary/aromatic N) is 2. The van der Waals surface area contributed by atoms with E-state index < -0.39 is 35.3 Å². The van der Waals surface area contributed by atoms with Crippen LogP contribution in [-0.2, 0) is 20.7 Å². The molecule has 0 saturated carbocycles. The number of hydrogen-bond acceptors (Lipinski definition) is 8. The first-order valence-electron chi connectivity index (χ1n) is 11.8. The van der Waals surface area contributed by atoms with Crippen LogP contribution in [0.25, 0.3) is 5.76 Å². The fourth-order valence-electron chi connectivity index (χ4n) is 4.62. The predicted molar refractivity (Wildman–Crippen MR) is 139 cm³/mol. The van der Waals surface area contributed by atoms with E-state index in [2.05, 4.69) is 11.6 Å². The molecule has 10 heteroatoms. The van der Waals surface area contributed by atoms with E-state index in [1.807, 2.05) is 6.92 Å². The average Bonchev–Trinajstić information content (AvgIpc) is 3.54. The van der Waals surface area contributed by atoms with E-state index in [9.17, 15) is 19.5 Å². The molecule has 2 aliphatic heterocycles. The molecule has 1 aromatic heterocycles. The SMILES string of the molecule is C=CCOC(=O)c1sc(N2C(=O)C(=O)/C(=C(/O)c3ccc4c(c3)C[C@@H](C)O4)[C@H]2c2ccccc2F)nc1C. The Morgan fingerprint density at radius 1 is 1.32 bits per heavy atom. The second-order valence-corrected chi connectivity index (χ2v) is 9.92. The van der Waals surface area contributed by atoms with E-state index >= 15 is 4.39 Å². The van der Waals surface area contributed by atoms with E-state index in [1.165, 1.54) is 24.3 Å². The fourth-order valence-corrected chi connectivity index (χ4v) is 5.61. The van der Waals surface area contributed by atoms with Crippen LogP contribution < -0.4 is 9.64 Å². The number of aryl methyl sites for hydroxylation is 1. The first-order valence-corrected chi connectivity index (χ1v) is 12.6. The van der Waals surface area contributed by atoms with Gasteiger partial charge in [-0.2, -0.15) is 0 Å². The van der Waals surface area contributed by atoms with Gasteiger partial charge in [-0.1, -0.05) is 42.2 Å². The number of aliphatic hydroxyl groups excluding tert-OH is 1. The fraction of sp³-hybridized carbons (Fsp3) is 0.214.